The highest BCUT2D eigenvalue weighted by Gasteiger charge is 2.33. The first-order chi connectivity index (χ1) is 17.7. The Hall–Kier alpha value is -3.10. The van der Waals surface area contributed by atoms with Gasteiger partial charge < -0.3 is 14.1 Å². The van der Waals surface area contributed by atoms with Crippen LogP contribution in [-0.2, 0) is 9.53 Å². The molecule has 1 aromatic carbocycles. The molecule has 2 aromatic heterocycles. The molecule has 37 heavy (non-hydrogen) atoms. The van der Waals surface area contributed by atoms with E-state index in [0.29, 0.717) is 31.4 Å². The van der Waals surface area contributed by atoms with Crippen LogP contribution < -0.4 is 19.8 Å². The van der Waals surface area contributed by atoms with Crippen LogP contribution in [0.3, 0.4) is 0 Å². The van der Waals surface area contributed by atoms with E-state index in [9.17, 15) is 9.59 Å². The average molecular weight is 540 g/mol. The molecule has 9 heteroatoms. The van der Waals surface area contributed by atoms with Gasteiger partial charge in [-0.05, 0) is 63.3 Å². The van der Waals surface area contributed by atoms with E-state index in [4.69, 9.17) is 20.8 Å². The summed E-state index contributed by atoms with van der Waals surface area (Å²) in [7, 11) is 0. The Bertz CT molecular complexity index is 1520. The van der Waals surface area contributed by atoms with E-state index >= 15 is 0 Å². The average Bonchev–Trinajstić information content (AvgIpc) is 3.43. The van der Waals surface area contributed by atoms with Crippen molar-refractivity contribution in [1.82, 2.24) is 4.57 Å². The lowest BCUT2D eigenvalue weighted by Crippen LogP contribution is -2.40. The van der Waals surface area contributed by atoms with Gasteiger partial charge in [-0.1, -0.05) is 42.0 Å². The molecule has 1 atom stereocenters. The summed E-state index contributed by atoms with van der Waals surface area (Å²) < 4.78 is 13.7. The number of esters is 1. The molecule has 0 saturated carbocycles. The van der Waals surface area contributed by atoms with E-state index in [1.165, 1.54) is 11.3 Å². The van der Waals surface area contributed by atoms with Crippen LogP contribution in [0.4, 0.5) is 5.88 Å². The lowest BCUT2D eigenvalue weighted by atomic mass is 9.96. The van der Waals surface area contributed by atoms with Gasteiger partial charge in [0.25, 0.3) is 5.56 Å². The third kappa shape index (κ3) is 5.18. The lowest BCUT2D eigenvalue weighted by Gasteiger charge is -2.29. The minimum absolute atomic E-state index is 0.240. The van der Waals surface area contributed by atoms with E-state index in [-0.39, 0.29) is 11.7 Å². The highest BCUT2D eigenvalue weighted by molar-refractivity contribution is 7.07. The van der Waals surface area contributed by atoms with Crippen molar-refractivity contribution in [1.29, 1.82) is 0 Å². The largest absolute Gasteiger partial charge is 0.459 e. The quantitative estimate of drug-likeness (QED) is 0.440. The summed E-state index contributed by atoms with van der Waals surface area (Å²) in [5.41, 5.74) is 1.38. The van der Waals surface area contributed by atoms with Crippen LogP contribution in [0.2, 0.25) is 5.02 Å². The van der Waals surface area contributed by atoms with Crippen LogP contribution in [-0.4, -0.2) is 29.7 Å². The molecule has 2 aliphatic rings. The molecule has 0 aliphatic carbocycles. The predicted molar refractivity (Wildman–Crippen MR) is 146 cm³/mol. The second-order valence-electron chi connectivity index (χ2n) is 9.93. The molecule has 0 spiro atoms. The number of hydrogen-bond acceptors (Lipinski definition) is 7. The zero-order chi connectivity index (χ0) is 26.3. The third-order valence-corrected chi connectivity index (χ3v) is 7.99. The van der Waals surface area contributed by atoms with Gasteiger partial charge in [0.2, 0.25) is 0 Å². The standard InChI is InChI=1S/C28H30ClN3O4S/c1-16(2)35-27(34)24-18(4)30-28-32(25(24)19-5-7-20(29)8-6-19)26(33)22(37-28)15-21-9-10-23(36-21)31-13-11-17(3)12-14-31/h5-10,15-17,25H,11-14H2,1-4H3/b22-15+/t25-/m0/s1. The Morgan fingerprint density at radius 3 is 2.57 bits per heavy atom. The van der Waals surface area contributed by atoms with Crippen molar-refractivity contribution < 1.29 is 13.9 Å². The number of ether oxygens (including phenoxy) is 1. The second-order valence-corrected chi connectivity index (χ2v) is 11.4. The molecule has 2 aliphatic heterocycles. The molecule has 0 radical (unpaired) electrons. The molecule has 7 nitrogen and oxygen atoms in total. The van der Waals surface area contributed by atoms with E-state index < -0.39 is 12.0 Å². The number of halogens is 1. The normalized spacial score (nSPS) is 18.8. The molecule has 0 amide bonds. The molecule has 1 fully saturated rings. The lowest BCUT2D eigenvalue weighted by molar-refractivity contribution is -0.143. The van der Waals surface area contributed by atoms with Crippen LogP contribution in [0, 0.1) is 5.92 Å². The number of anilines is 1. The molecule has 0 N–H and O–H groups in total. The summed E-state index contributed by atoms with van der Waals surface area (Å²) in [5, 5.41) is 0.569. The molecule has 194 valence electrons. The summed E-state index contributed by atoms with van der Waals surface area (Å²) in [6, 6.07) is 10.3. The first-order valence-electron chi connectivity index (χ1n) is 12.5. The van der Waals surface area contributed by atoms with Crippen molar-refractivity contribution in [3.8, 4) is 0 Å². The Balaban J connectivity index is 1.58. The number of carbonyl (C=O) groups is 1. The van der Waals surface area contributed by atoms with Crippen molar-refractivity contribution in [2.45, 2.75) is 52.7 Å². The SMILES string of the molecule is CC1=C(C(=O)OC(C)C)[C@H](c2ccc(Cl)cc2)n2c(s/c(=C/c3ccc(N4CCC(C)CC4)o3)c2=O)=N1. The maximum atomic E-state index is 13.7. The number of rotatable bonds is 5. The number of thiazole rings is 1. The topological polar surface area (TPSA) is 77.0 Å². The van der Waals surface area contributed by atoms with Gasteiger partial charge in [0.1, 0.15) is 5.76 Å². The Labute approximate surface area is 224 Å². The van der Waals surface area contributed by atoms with Gasteiger partial charge in [0.05, 0.1) is 27.9 Å². The molecule has 5 rings (SSSR count). The molecule has 1 saturated heterocycles. The summed E-state index contributed by atoms with van der Waals surface area (Å²) in [6.07, 6.45) is 3.73. The van der Waals surface area contributed by atoms with Crippen molar-refractivity contribution in [3.63, 3.8) is 0 Å². The highest BCUT2D eigenvalue weighted by Crippen LogP contribution is 2.31. The predicted octanol–water partition coefficient (Wildman–Crippen LogP) is 4.67. The number of hydrogen-bond donors (Lipinski definition) is 0. The van der Waals surface area contributed by atoms with E-state index in [1.807, 2.05) is 24.3 Å². The first kappa shape index (κ1) is 25.5. The summed E-state index contributed by atoms with van der Waals surface area (Å²) in [6.45, 7) is 9.56. The van der Waals surface area contributed by atoms with E-state index in [1.54, 1.807) is 43.5 Å². The van der Waals surface area contributed by atoms with Crippen LogP contribution in [0.25, 0.3) is 6.08 Å². The molecule has 0 unspecified atom stereocenters. The second kappa shape index (κ2) is 10.3. The van der Waals surface area contributed by atoms with Crippen molar-refractivity contribution in [2.75, 3.05) is 18.0 Å². The van der Waals surface area contributed by atoms with Crippen molar-refractivity contribution in [3.05, 3.63) is 83.7 Å². The fourth-order valence-corrected chi connectivity index (χ4v) is 5.92. The van der Waals surface area contributed by atoms with Gasteiger partial charge in [-0.2, -0.15) is 0 Å². The molecule has 4 heterocycles. The number of allylic oxidation sites excluding steroid dienone is 1. The molecular formula is C28H30ClN3O4S. The van der Waals surface area contributed by atoms with Gasteiger partial charge in [0, 0.05) is 30.3 Å². The number of aromatic nitrogens is 1. The fourth-order valence-electron chi connectivity index (χ4n) is 4.77. The number of carbonyl (C=O) groups excluding carboxylic acids is 1. The van der Waals surface area contributed by atoms with Crippen molar-refractivity contribution in [2.24, 2.45) is 10.9 Å². The molecule has 0 bridgehead atoms. The maximum Gasteiger partial charge on any atom is 0.338 e. The van der Waals surface area contributed by atoms with Crippen molar-refractivity contribution >= 4 is 40.9 Å². The number of fused-ring (bicyclic) bond motifs is 1. The van der Waals surface area contributed by atoms with Gasteiger partial charge in [0.15, 0.2) is 10.7 Å². The zero-order valence-electron chi connectivity index (χ0n) is 21.4. The Morgan fingerprint density at radius 1 is 1.19 bits per heavy atom. The minimum Gasteiger partial charge on any atom is -0.459 e. The number of piperidine rings is 1. The fraction of sp³-hybridized carbons (Fsp3) is 0.393. The smallest absolute Gasteiger partial charge is 0.338 e. The van der Waals surface area contributed by atoms with Crippen LogP contribution >= 0.6 is 22.9 Å². The maximum absolute atomic E-state index is 13.7. The number of nitrogens with zero attached hydrogens (tertiary/aromatic N) is 3. The Morgan fingerprint density at radius 2 is 1.89 bits per heavy atom. The van der Waals surface area contributed by atoms with Crippen LogP contribution in [0.1, 0.15) is 57.9 Å². The summed E-state index contributed by atoms with van der Waals surface area (Å²) in [5.74, 6) is 1.67. The number of furan rings is 1. The summed E-state index contributed by atoms with van der Waals surface area (Å²) >= 11 is 7.41. The van der Waals surface area contributed by atoms with Gasteiger partial charge >= 0.3 is 5.97 Å². The monoisotopic (exact) mass is 539 g/mol. The molecule has 3 aromatic rings. The van der Waals surface area contributed by atoms with Gasteiger partial charge in [-0.3, -0.25) is 9.36 Å². The highest BCUT2D eigenvalue weighted by atomic mass is 35.5. The Kier molecular flexibility index (Phi) is 7.14. The summed E-state index contributed by atoms with van der Waals surface area (Å²) in [4.78, 5) is 34.3. The van der Waals surface area contributed by atoms with E-state index in [2.05, 4.69) is 16.8 Å². The van der Waals surface area contributed by atoms with E-state index in [0.717, 1.165) is 43.3 Å². The minimum atomic E-state index is -0.676. The van der Waals surface area contributed by atoms with Crippen LogP contribution in [0.5, 0.6) is 0 Å². The van der Waals surface area contributed by atoms with Crippen LogP contribution in [0.15, 0.2) is 61.9 Å². The first-order valence-corrected chi connectivity index (χ1v) is 13.7. The third-order valence-electron chi connectivity index (χ3n) is 6.75. The van der Waals surface area contributed by atoms with Gasteiger partial charge in [-0.25, -0.2) is 9.79 Å². The molecular weight excluding hydrogens is 510 g/mol. The number of benzene rings is 1. The van der Waals surface area contributed by atoms with Gasteiger partial charge in [-0.15, -0.1) is 0 Å². The zero-order valence-corrected chi connectivity index (χ0v) is 22.9.